The molecular formula is C56H36N2. The van der Waals surface area contributed by atoms with Crippen LogP contribution in [-0.2, 0) is 0 Å². The second-order valence-corrected chi connectivity index (χ2v) is 15.3. The maximum Gasteiger partial charge on any atom is 0.0619 e. The molecule has 0 fully saturated rings. The van der Waals surface area contributed by atoms with Gasteiger partial charge in [-0.2, -0.15) is 0 Å². The molecule has 2 aromatic heterocycles. The van der Waals surface area contributed by atoms with Crippen molar-refractivity contribution >= 4 is 65.2 Å². The largest absolute Gasteiger partial charge is 0.309 e. The Bertz CT molecular complexity index is 3550. The van der Waals surface area contributed by atoms with Crippen molar-refractivity contribution in [2.24, 2.45) is 0 Å². The molecule has 0 aliphatic heterocycles. The van der Waals surface area contributed by atoms with Crippen LogP contribution >= 0.6 is 0 Å². The number of benzene rings is 10. The van der Waals surface area contributed by atoms with E-state index in [1.807, 2.05) is 0 Å². The molecule has 0 N–H and O–H groups in total. The lowest BCUT2D eigenvalue weighted by atomic mass is 9.94. The third-order valence-corrected chi connectivity index (χ3v) is 12.1. The molecule has 0 bridgehead atoms. The van der Waals surface area contributed by atoms with Gasteiger partial charge in [-0.15, -0.1) is 0 Å². The third kappa shape index (κ3) is 4.99. The van der Waals surface area contributed by atoms with E-state index in [2.05, 4.69) is 228 Å². The van der Waals surface area contributed by atoms with E-state index in [0.717, 1.165) is 11.4 Å². The molecule has 0 saturated carbocycles. The molecule has 0 amide bonds. The molecule has 270 valence electrons. The molecule has 12 aromatic rings. The maximum atomic E-state index is 2.47. The Labute approximate surface area is 336 Å². The average molecular weight is 737 g/mol. The zero-order valence-electron chi connectivity index (χ0n) is 31.7. The fourth-order valence-electron chi connectivity index (χ4n) is 9.46. The number of nitrogens with zero attached hydrogens (tertiary/aromatic N) is 2. The predicted octanol–water partition coefficient (Wildman–Crippen LogP) is 15.2. The van der Waals surface area contributed by atoms with Crippen LogP contribution in [0.1, 0.15) is 0 Å². The summed E-state index contributed by atoms with van der Waals surface area (Å²) in [7, 11) is 0. The minimum Gasteiger partial charge on any atom is -0.309 e. The molecule has 0 spiro atoms. The number of aromatic nitrogens is 2. The highest BCUT2D eigenvalue weighted by Crippen LogP contribution is 2.44. The van der Waals surface area contributed by atoms with Gasteiger partial charge in [-0.1, -0.05) is 170 Å². The molecule has 10 aromatic carbocycles. The first-order valence-corrected chi connectivity index (χ1v) is 20.0. The Morgan fingerprint density at radius 2 is 0.759 bits per heavy atom. The maximum absolute atomic E-state index is 2.47. The van der Waals surface area contributed by atoms with Crippen LogP contribution in [0.5, 0.6) is 0 Å². The highest BCUT2D eigenvalue weighted by atomic mass is 15.0. The highest BCUT2D eigenvalue weighted by Gasteiger charge is 2.21. The van der Waals surface area contributed by atoms with Crippen LogP contribution in [0.3, 0.4) is 0 Å². The average Bonchev–Trinajstić information content (AvgIpc) is 3.82. The van der Waals surface area contributed by atoms with E-state index in [-0.39, 0.29) is 0 Å². The van der Waals surface area contributed by atoms with Crippen molar-refractivity contribution in [1.82, 2.24) is 9.13 Å². The fourth-order valence-corrected chi connectivity index (χ4v) is 9.46. The molecule has 58 heavy (non-hydrogen) atoms. The van der Waals surface area contributed by atoms with Gasteiger partial charge in [0.05, 0.1) is 22.1 Å². The molecule has 2 heterocycles. The van der Waals surface area contributed by atoms with Crippen molar-refractivity contribution < 1.29 is 0 Å². The number of hydrogen-bond acceptors (Lipinski definition) is 0. The van der Waals surface area contributed by atoms with Gasteiger partial charge in [0.15, 0.2) is 0 Å². The monoisotopic (exact) mass is 736 g/mol. The first-order chi connectivity index (χ1) is 28.8. The Hall–Kier alpha value is -7.68. The van der Waals surface area contributed by atoms with Gasteiger partial charge in [-0.05, 0) is 92.7 Å². The van der Waals surface area contributed by atoms with Crippen LogP contribution in [0.4, 0.5) is 0 Å². The van der Waals surface area contributed by atoms with E-state index in [4.69, 9.17) is 0 Å². The Balaban J connectivity index is 1.12. The van der Waals surface area contributed by atoms with Crippen molar-refractivity contribution in [2.75, 3.05) is 0 Å². The van der Waals surface area contributed by atoms with Crippen molar-refractivity contribution in [2.45, 2.75) is 0 Å². The minimum atomic E-state index is 1.15. The first-order valence-electron chi connectivity index (χ1n) is 20.0. The number of fused-ring (bicyclic) bond motifs is 10. The summed E-state index contributed by atoms with van der Waals surface area (Å²) in [6, 6.07) is 80.0. The van der Waals surface area contributed by atoms with Gasteiger partial charge in [0.2, 0.25) is 0 Å². The zero-order valence-corrected chi connectivity index (χ0v) is 31.7. The van der Waals surface area contributed by atoms with E-state index < -0.39 is 0 Å². The fraction of sp³-hybridized carbons (Fsp3) is 0. The SMILES string of the molecule is c1ccc(-c2cccc(-n3c4ccc(-c5cc6c7ccccc7n(-c7cccc(-c8ccccc8)c7)c6c6ccccc56)cc4c4ccc5ccccc5c43)c2)cc1. The van der Waals surface area contributed by atoms with Gasteiger partial charge in [-0.25, -0.2) is 0 Å². The standard InChI is InChI=1S/C56H36N2/c1-3-15-37(16-4-1)40-20-13-22-43(33-40)57-53-28-12-11-26-47(53)52-36-50(46-25-9-10-27-48(46)56(52)57)42-30-32-54-51(35-42)49-31-29-39-19-7-8-24-45(39)55(49)58(54)44-23-14-21-41(34-44)38-17-5-2-6-18-38/h1-36H. The molecule has 0 saturated heterocycles. The van der Waals surface area contributed by atoms with Crippen molar-refractivity contribution in [3.8, 4) is 44.8 Å². The second kappa shape index (κ2) is 12.9. The summed E-state index contributed by atoms with van der Waals surface area (Å²) in [5, 5.41) is 9.95. The lowest BCUT2D eigenvalue weighted by molar-refractivity contribution is 1.19. The van der Waals surface area contributed by atoms with Gasteiger partial charge < -0.3 is 9.13 Å². The molecule has 0 aliphatic carbocycles. The Kier molecular flexibility index (Phi) is 7.26. The predicted molar refractivity (Wildman–Crippen MR) is 246 cm³/mol. The number of hydrogen-bond donors (Lipinski definition) is 0. The second-order valence-electron chi connectivity index (χ2n) is 15.3. The molecule has 2 nitrogen and oxygen atoms in total. The van der Waals surface area contributed by atoms with Crippen molar-refractivity contribution in [1.29, 1.82) is 0 Å². The van der Waals surface area contributed by atoms with Crippen molar-refractivity contribution in [3.05, 3.63) is 218 Å². The van der Waals surface area contributed by atoms with Crippen LogP contribution < -0.4 is 0 Å². The van der Waals surface area contributed by atoms with E-state index in [0.29, 0.717) is 0 Å². The lowest BCUT2D eigenvalue weighted by Crippen LogP contribution is -1.96. The minimum absolute atomic E-state index is 1.15. The summed E-state index contributed by atoms with van der Waals surface area (Å²) in [5.74, 6) is 0. The van der Waals surface area contributed by atoms with Gasteiger partial charge in [0.1, 0.15) is 0 Å². The van der Waals surface area contributed by atoms with Crippen LogP contribution in [0.15, 0.2) is 218 Å². The molecule has 0 atom stereocenters. The lowest BCUT2D eigenvalue weighted by Gasteiger charge is -2.14. The zero-order chi connectivity index (χ0) is 38.2. The smallest absolute Gasteiger partial charge is 0.0619 e. The van der Waals surface area contributed by atoms with Crippen LogP contribution in [0, 0.1) is 0 Å². The van der Waals surface area contributed by atoms with Gasteiger partial charge in [0.25, 0.3) is 0 Å². The summed E-state index contributed by atoms with van der Waals surface area (Å²) < 4.78 is 4.94. The molecule has 0 aliphatic rings. The summed E-state index contributed by atoms with van der Waals surface area (Å²) in [6.45, 7) is 0. The summed E-state index contributed by atoms with van der Waals surface area (Å²) in [6.07, 6.45) is 0. The normalized spacial score (nSPS) is 11.8. The topological polar surface area (TPSA) is 9.86 Å². The summed E-state index contributed by atoms with van der Waals surface area (Å²) in [5.41, 5.74) is 14.4. The van der Waals surface area contributed by atoms with Crippen molar-refractivity contribution in [3.63, 3.8) is 0 Å². The van der Waals surface area contributed by atoms with Gasteiger partial charge in [0, 0.05) is 43.7 Å². The van der Waals surface area contributed by atoms with E-state index in [1.54, 1.807) is 0 Å². The number of rotatable bonds is 5. The summed E-state index contributed by atoms with van der Waals surface area (Å²) in [4.78, 5) is 0. The third-order valence-electron chi connectivity index (χ3n) is 12.1. The Morgan fingerprint density at radius 3 is 1.45 bits per heavy atom. The first kappa shape index (κ1) is 32.6. The molecule has 0 unspecified atom stereocenters. The van der Waals surface area contributed by atoms with Crippen LogP contribution in [-0.4, -0.2) is 9.13 Å². The molecule has 0 radical (unpaired) electrons. The van der Waals surface area contributed by atoms with Gasteiger partial charge >= 0.3 is 0 Å². The van der Waals surface area contributed by atoms with Gasteiger partial charge in [-0.3, -0.25) is 0 Å². The molecule has 2 heteroatoms. The van der Waals surface area contributed by atoms with E-state index in [9.17, 15) is 0 Å². The van der Waals surface area contributed by atoms with E-state index >= 15 is 0 Å². The molecular weight excluding hydrogens is 701 g/mol. The van der Waals surface area contributed by atoms with Crippen LogP contribution in [0.25, 0.3) is 110 Å². The number of para-hydroxylation sites is 1. The highest BCUT2D eigenvalue weighted by molar-refractivity contribution is 6.23. The summed E-state index contributed by atoms with van der Waals surface area (Å²) >= 11 is 0. The molecule has 12 rings (SSSR count). The quantitative estimate of drug-likeness (QED) is 0.167. The Morgan fingerprint density at radius 1 is 0.241 bits per heavy atom. The van der Waals surface area contributed by atoms with E-state index in [1.165, 1.54) is 98.5 Å². The van der Waals surface area contributed by atoms with Crippen LogP contribution in [0.2, 0.25) is 0 Å².